The van der Waals surface area contributed by atoms with Gasteiger partial charge in [0.25, 0.3) is 0 Å². The summed E-state index contributed by atoms with van der Waals surface area (Å²) >= 11 is 0. The van der Waals surface area contributed by atoms with Gasteiger partial charge in [-0.15, -0.1) is 0 Å². The fraction of sp³-hybridized carbons (Fsp3) is 0.333. The zero-order chi connectivity index (χ0) is 20.6. The fourth-order valence-corrected chi connectivity index (χ4v) is 3.18. The SMILES string of the molecule is CCN(CC)Cc1ccc(CNC(=O)Cc2nc(-c3ccccc3)oc2C)cc1. The first kappa shape index (κ1) is 20.8. The minimum Gasteiger partial charge on any atom is -0.441 e. The number of amides is 1. The lowest BCUT2D eigenvalue weighted by Crippen LogP contribution is -2.25. The molecule has 0 spiro atoms. The van der Waals surface area contributed by atoms with E-state index in [2.05, 4.69) is 53.3 Å². The van der Waals surface area contributed by atoms with E-state index in [-0.39, 0.29) is 12.3 Å². The molecule has 0 aliphatic carbocycles. The first-order chi connectivity index (χ1) is 14.1. The molecule has 0 fully saturated rings. The Bertz CT molecular complexity index is 913. The molecule has 3 rings (SSSR count). The second-order valence-electron chi connectivity index (χ2n) is 7.12. The normalized spacial score (nSPS) is 11.0. The van der Waals surface area contributed by atoms with Crippen LogP contribution < -0.4 is 5.32 Å². The third-order valence-corrected chi connectivity index (χ3v) is 5.05. The Labute approximate surface area is 172 Å². The number of benzene rings is 2. The zero-order valence-corrected chi connectivity index (χ0v) is 17.4. The van der Waals surface area contributed by atoms with E-state index in [0.717, 1.165) is 30.8 Å². The van der Waals surface area contributed by atoms with Crippen LogP contribution in [0.3, 0.4) is 0 Å². The highest BCUT2D eigenvalue weighted by Crippen LogP contribution is 2.21. The Morgan fingerprint density at radius 3 is 2.31 bits per heavy atom. The van der Waals surface area contributed by atoms with E-state index < -0.39 is 0 Å². The van der Waals surface area contributed by atoms with Gasteiger partial charge < -0.3 is 9.73 Å². The molecule has 2 aromatic carbocycles. The van der Waals surface area contributed by atoms with Gasteiger partial charge in [-0.25, -0.2) is 4.98 Å². The lowest BCUT2D eigenvalue weighted by Gasteiger charge is -2.18. The molecule has 152 valence electrons. The molecule has 0 atom stereocenters. The number of oxazole rings is 1. The number of hydrogen-bond donors (Lipinski definition) is 1. The topological polar surface area (TPSA) is 58.4 Å². The van der Waals surface area contributed by atoms with Crippen LogP contribution in [0.5, 0.6) is 0 Å². The number of nitrogens with zero attached hydrogens (tertiary/aromatic N) is 2. The summed E-state index contributed by atoms with van der Waals surface area (Å²) in [7, 11) is 0. The zero-order valence-electron chi connectivity index (χ0n) is 17.4. The second-order valence-corrected chi connectivity index (χ2v) is 7.12. The van der Waals surface area contributed by atoms with Crippen LogP contribution in [0.1, 0.15) is 36.4 Å². The molecule has 0 unspecified atom stereocenters. The molecule has 5 heteroatoms. The smallest absolute Gasteiger partial charge is 0.226 e. The highest BCUT2D eigenvalue weighted by atomic mass is 16.4. The van der Waals surface area contributed by atoms with Gasteiger partial charge in [-0.1, -0.05) is 56.3 Å². The average Bonchev–Trinajstić information content (AvgIpc) is 3.12. The van der Waals surface area contributed by atoms with Crippen LogP contribution in [0.2, 0.25) is 0 Å². The molecule has 1 amide bonds. The van der Waals surface area contributed by atoms with Crippen molar-refractivity contribution in [2.24, 2.45) is 0 Å². The van der Waals surface area contributed by atoms with Crippen LogP contribution in [0, 0.1) is 6.92 Å². The van der Waals surface area contributed by atoms with Gasteiger partial charge in [0.05, 0.1) is 12.1 Å². The number of hydrogen-bond acceptors (Lipinski definition) is 4. The van der Waals surface area contributed by atoms with Gasteiger partial charge >= 0.3 is 0 Å². The largest absolute Gasteiger partial charge is 0.441 e. The van der Waals surface area contributed by atoms with Crippen molar-refractivity contribution >= 4 is 5.91 Å². The molecule has 29 heavy (non-hydrogen) atoms. The Kier molecular flexibility index (Phi) is 7.19. The quantitative estimate of drug-likeness (QED) is 0.589. The molecule has 0 aliphatic heterocycles. The number of aromatic nitrogens is 1. The van der Waals surface area contributed by atoms with Crippen molar-refractivity contribution in [3.05, 3.63) is 77.2 Å². The summed E-state index contributed by atoms with van der Waals surface area (Å²) in [5, 5.41) is 2.98. The highest BCUT2D eigenvalue weighted by molar-refractivity contribution is 5.78. The first-order valence-electron chi connectivity index (χ1n) is 10.2. The van der Waals surface area contributed by atoms with E-state index in [9.17, 15) is 4.79 Å². The maximum Gasteiger partial charge on any atom is 0.226 e. The number of carbonyl (C=O) groups excluding carboxylic acids is 1. The summed E-state index contributed by atoms with van der Waals surface area (Å²) in [5.41, 5.74) is 3.96. The van der Waals surface area contributed by atoms with Crippen LogP contribution in [0.25, 0.3) is 11.5 Å². The molecule has 0 saturated heterocycles. The molecule has 0 aliphatic rings. The molecule has 0 radical (unpaired) electrons. The van der Waals surface area contributed by atoms with Gasteiger partial charge in [-0.05, 0) is 43.3 Å². The Morgan fingerprint density at radius 2 is 1.66 bits per heavy atom. The summed E-state index contributed by atoms with van der Waals surface area (Å²) < 4.78 is 5.73. The van der Waals surface area contributed by atoms with E-state index >= 15 is 0 Å². The first-order valence-corrected chi connectivity index (χ1v) is 10.2. The van der Waals surface area contributed by atoms with E-state index in [1.165, 1.54) is 5.56 Å². The molecule has 5 nitrogen and oxygen atoms in total. The molecule has 3 aromatic rings. The van der Waals surface area contributed by atoms with Crippen molar-refractivity contribution in [1.29, 1.82) is 0 Å². The minimum absolute atomic E-state index is 0.0618. The molecule has 0 saturated carbocycles. The third kappa shape index (κ3) is 5.78. The van der Waals surface area contributed by atoms with Crippen LogP contribution >= 0.6 is 0 Å². The van der Waals surface area contributed by atoms with E-state index in [1.54, 1.807) is 0 Å². The minimum atomic E-state index is -0.0618. The molecular formula is C24H29N3O2. The van der Waals surface area contributed by atoms with Gasteiger partial charge in [-0.2, -0.15) is 0 Å². The van der Waals surface area contributed by atoms with Gasteiger partial charge in [0.1, 0.15) is 5.76 Å². The monoisotopic (exact) mass is 391 g/mol. The van der Waals surface area contributed by atoms with Crippen molar-refractivity contribution in [1.82, 2.24) is 15.2 Å². The molecular weight excluding hydrogens is 362 g/mol. The summed E-state index contributed by atoms with van der Waals surface area (Å²) in [6.07, 6.45) is 0.211. The maximum absolute atomic E-state index is 12.4. The van der Waals surface area contributed by atoms with E-state index in [1.807, 2.05) is 37.3 Å². The molecule has 1 N–H and O–H groups in total. The number of nitrogens with one attached hydrogen (secondary N) is 1. The van der Waals surface area contributed by atoms with Crippen molar-refractivity contribution < 1.29 is 9.21 Å². The second kappa shape index (κ2) is 10.0. The van der Waals surface area contributed by atoms with Crippen molar-refractivity contribution in [3.63, 3.8) is 0 Å². The lowest BCUT2D eigenvalue weighted by atomic mass is 10.1. The molecule has 1 aromatic heterocycles. The Hall–Kier alpha value is -2.92. The number of rotatable bonds is 9. The third-order valence-electron chi connectivity index (χ3n) is 5.05. The van der Waals surface area contributed by atoms with Crippen LogP contribution in [-0.2, 0) is 24.3 Å². The number of aryl methyl sites for hydroxylation is 1. The van der Waals surface area contributed by atoms with Crippen LogP contribution in [0.15, 0.2) is 59.0 Å². The van der Waals surface area contributed by atoms with Gasteiger partial charge in [0.2, 0.25) is 11.8 Å². The van der Waals surface area contributed by atoms with E-state index in [0.29, 0.717) is 23.9 Å². The number of carbonyl (C=O) groups is 1. The van der Waals surface area contributed by atoms with Gasteiger partial charge in [0, 0.05) is 18.7 Å². The lowest BCUT2D eigenvalue weighted by molar-refractivity contribution is -0.120. The predicted octanol–water partition coefficient (Wildman–Crippen LogP) is 4.35. The Balaban J connectivity index is 1.53. The summed E-state index contributed by atoms with van der Waals surface area (Å²) in [5.74, 6) is 1.17. The van der Waals surface area contributed by atoms with Crippen LogP contribution in [-0.4, -0.2) is 28.9 Å². The molecule has 0 bridgehead atoms. The van der Waals surface area contributed by atoms with Gasteiger partial charge in [0.15, 0.2) is 0 Å². The summed E-state index contributed by atoms with van der Waals surface area (Å²) in [4.78, 5) is 19.2. The van der Waals surface area contributed by atoms with E-state index in [4.69, 9.17) is 4.42 Å². The van der Waals surface area contributed by atoms with Crippen molar-refractivity contribution in [2.75, 3.05) is 13.1 Å². The van der Waals surface area contributed by atoms with Gasteiger partial charge in [-0.3, -0.25) is 9.69 Å². The highest BCUT2D eigenvalue weighted by Gasteiger charge is 2.14. The van der Waals surface area contributed by atoms with Crippen molar-refractivity contribution in [2.45, 2.75) is 40.3 Å². The maximum atomic E-state index is 12.4. The summed E-state index contributed by atoms with van der Waals surface area (Å²) in [6.45, 7) is 9.74. The standard InChI is InChI=1S/C24H29N3O2/c1-4-27(5-2)17-20-13-11-19(12-14-20)16-25-23(28)15-22-18(3)29-24(26-22)21-9-7-6-8-10-21/h6-14H,4-5,15-17H2,1-3H3,(H,25,28). The predicted molar refractivity (Wildman–Crippen MR) is 115 cm³/mol. The summed E-state index contributed by atoms with van der Waals surface area (Å²) in [6, 6.07) is 18.1. The van der Waals surface area contributed by atoms with Crippen molar-refractivity contribution in [3.8, 4) is 11.5 Å². The van der Waals surface area contributed by atoms with Crippen LogP contribution in [0.4, 0.5) is 0 Å². The average molecular weight is 392 g/mol. The fourth-order valence-electron chi connectivity index (χ4n) is 3.18. The molecule has 1 heterocycles. The Morgan fingerprint density at radius 1 is 1.00 bits per heavy atom.